The zero-order chi connectivity index (χ0) is 16.1. The van der Waals surface area contributed by atoms with Gasteiger partial charge in [-0.15, -0.1) is 0 Å². The Kier molecular flexibility index (Phi) is 5.92. The van der Waals surface area contributed by atoms with Crippen molar-refractivity contribution in [3.05, 3.63) is 29.8 Å². The number of piperazine rings is 1. The second-order valence-corrected chi connectivity index (χ2v) is 6.89. The lowest BCUT2D eigenvalue weighted by molar-refractivity contribution is 0.0655. The molecule has 4 nitrogen and oxygen atoms in total. The zero-order valence-corrected chi connectivity index (χ0v) is 14.7. The largest absolute Gasteiger partial charge is 0.494 e. The van der Waals surface area contributed by atoms with E-state index >= 15 is 0 Å². The summed E-state index contributed by atoms with van der Waals surface area (Å²) in [6.07, 6.45) is 2.61. The van der Waals surface area contributed by atoms with Crippen LogP contribution in [0.5, 0.6) is 5.75 Å². The number of nitrogens with zero attached hydrogens (tertiary/aromatic N) is 3. The average Bonchev–Trinajstić information content (AvgIpc) is 2.58. The van der Waals surface area contributed by atoms with Gasteiger partial charge in [0.1, 0.15) is 5.75 Å². The molecule has 4 heteroatoms. The van der Waals surface area contributed by atoms with Gasteiger partial charge in [0, 0.05) is 44.3 Å². The molecule has 0 atom stereocenters. The summed E-state index contributed by atoms with van der Waals surface area (Å²) < 4.78 is 5.77. The van der Waals surface area contributed by atoms with Gasteiger partial charge in [-0.3, -0.25) is 9.80 Å². The fraction of sp³-hybridized carbons (Fsp3) is 0.684. The Morgan fingerprint density at radius 2 is 1.70 bits per heavy atom. The quantitative estimate of drug-likeness (QED) is 0.829. The summed E-state index contributed by atoms with van der Waals surface area (Å²) in [5, 5.41) is 0. The van der Waals surface area contributed by atoms with Crippen LogP contribution in [0, 0.1) is 0 Å². The molecular weight excluding hydrogens is 286 g/mol. The first-order valence-corrected chi connectivity index (χ1v) is 9.12. The number of piperidine rings is 1. The van der Waals surface area contributed by atoms with E-state index in [1.807, 2.05) is 0 Å². The minimum Gasteiger partial charge on any atom is -0.494 e. The monoisotopic (exact) mass is 317 g/mol. The molecular formula is C19H31N3O. The van der Waals surface area contributed by atoms with Crippen LogP contribution in [0.1, 0.15) is 25.3 Å². The van der Waals surface area contributed by atoms with Crippen molar-refractivity contribution < 1.29 is 4.74 Å². The predicted octanol–water partition coefficient (Wildman–Crippen LogP) is 2.30. The molecule has 0 saturated carbocycles. The minimum absolute atomic E-state index is 0.739. The van der Waals surface area contributed by atoms with E-state index in [0.29, 0.717) is 0 Å². The number of hydrogen-bond donors (Lipinski definition) is 0. The smallest absolute Gasteiger partial charge is 0.123 e. The third kappa shape index (κ3) is 4.46. The topological polar surface area (TPSA) is 19.0 Å². The van der Waals surface area contributed by atoms with Crippen LogP contribution in [-0.2, 0) is 6.54 Å². The molecule has 0 unspecified atom stereocenters. The molecule has 0 bridgehead atoms. The van der Waals surface area contributed by atoms with Gasteiger partial charge in [-0.1, -0.05) is 18.2 Å². The van der Waals surface area contributed by atoms with E-state index in [9.17, 15) is 0 Å². The lowest BCUT2D eigenvalue weighted by atomic mass is 10.0. The van der Waals surface area contributed by atoms with E-state index in [2.05, 4.69) is 52.9 Å². The van der Waals surface area contributed by atoms with Crippen molar-refractivity contribution in [2.75, 3.05) is 52.9 Å². The zero-order valence-electron chi connectivity index (χ0n) is 14.7. The first-order valence-electron chi connectivity index (χ1n) is 9.12. The summed E-state index contributed by atoms with van der Waals surface area (Å²) >= 11 is 0. The highest BCUT2D eigenvalue weighted by Crippen LogP contribution is 2.23. The molecule has 0 N–H and O–H groups in total. The van der Waals surface area contributed by atoms with Crippen molar-refractivity contribution in [3.63, 3.8) is 0 Å². The summed E-state index contributed by atoms with van der Waals surface area (Å²) in [5.74, 6) is 1.05. The molecule has 2 fully saturated rings. The van der Waals surface area contributed by atoms with Gasteiger partial charge in [-0.25, -0.2) is 0 Å². The summed E-state index contributed by atoms with van der Waals surface area (Å²) in [6, 6.07) is 9.28. The van der Waals surface area contributed by atoms with Crippen LogP contribution in [0.15, 0.2) is 24.3 Å². The molecule has 2 aliphatic heterocycles. The lowest BCUT2D eigenvalue weighted by Gasteiger charge is -2.42. The number of likely N-dealkylation sites (N-methyl/N-ethyl adjacent to an activating group) is 1. The third-order valence-electron chi connectivity index (χ3n) is 5.28. The van der Waals surface area contributed by atoms with Crippen LogP contribution in [0.2, 0.25) is 0 Å². The van der Waals surface area contributed by atoms with Crippen molar-refractivity contribution in [3.8, 4) is 5.75 Å². The molecule has 1 aromatic rings. The van der Waals surface area contributed by atoms with Gasteiger partial charge < -0.3 is 9.64 Å². The highest BCUT2D eigenvalue weighted by molar-refractivity contribution is 5.33. The van der Waals surface area contributed by atoms with Crippen LogP contribution in [-0.4, -0.2) is 73.7 Å². The highest BCUT2D eigenvalue weighted by Gasteiger charge is 2.26. The van der Waals surface area contributed by atoms with Gasteiger partial charge in [0.2, 0.25) is 0 Å². The lowest BCUT2D eigenvalue weighted by Crippen LogP contribution is -2.52. The van der Waals surface area contributed by atoms with Gasteiger partial charge in [0.25, 0.3) is 0 Å². The number of rotatable bonds is 5. The first-order chi connectivity index (χ1) is 11.3. The number of ether oxygens (including phenoxy) is 1. The fourth-order valence-corrected chi connectivity index (χ4v) is 3.80. The molecule has 128 valence electrons. The Balaban J connectivity index is 1.49. The van der Waals surface area contributed by atoms with Crippen molar-refractivity contribution in [2.45, 2.75) is 32.4 Å². The van der Waals surface area contributed by atoms with Crippen molar-refractivity contribution in [2.24, 2.45) is 0 Å². The molecule has 0 aromatic heterocycles. The minimum atomic E-state index is 0.739. The van der Waals surface area contributed by atoms with E-state index in [4.69, 9.17) is 4.74 Å². The van der Waals surface area contributed by atoms with Crippen LogP contribution < -0.4 is 4.74 Å². The predicted molar refractivity (Wildman–Crippen MR) is 95.0 cm³/mol. The SMILES string of the molecule is CCOc1ccccc1CN1CCC(N2CCN(C)CC2)CC1. The second-order valence-electron chi connectivity index (χ2n) is 6.89. The molecule has 2 aliphatic rings. The van der Waals surface area contributed by atoms with Gasteiger partial charge in [0.15, 0.2) is 0 Å². The normalized spacial score (nSPS) is 22.3. The highest BCUT2D eigenvalue weighted by atomic mass is 16.5. The molecule has 0 radical (unpaired) electrons. The third-order valence-corrected chi connectivity index (χ3v) is 5.28. The van der Waals surface area contributed by atoms with E-state index in [0.717, 1.165) is 24.9 Å². The van der Waals surface area contributed by atoms with E-state index in [-0.39, 0.29) is 0 Å². The molecule has 23 heavy (non-hydrogen) atoms. The Morgan fingerprint density at radius 3 is 2.39 bits per heavy atom. The summed E-state index contributed by atoms with van der Waals surface area (Å²) in [7, 11) is 2.23. The number of hydrogen-bond acceptors (Lipinski definition) is 4. The summed E-state index contributed by atoms with van der Waals surface area (Å²) in [6.45, 7) is 11.2. The standard InChI is InChI=1S/C19H31N3O/c1-3-23-19-7-5-4-6-17(19)16-21-10-8-18(9-11-21)22-14-12-20(2)13-15-22/h4-7,18H,3,8-16H2,1-2H3. The molecule has 0 aliphatic carbocycles. The summed E-state index contributed by atoms with van der Waals surface area (Å²) in [4.78, 5) is 7.74. The van der Waals surface area contributed by atoms with Gasteiger partial charge in [-0.2, -0.15) is 0 Å². The van der Waals surface area contributed by atoms with Gasteiger partial charge >= 0.3 is 0 Å². The fourth-order valence-electron chi connectivity index (χ4n) is 3.80. The van der Waals surface area contributed by atoms with Gasteiger partial charge in [-0.05, 0) is 46.0 Å². The molecule has 1 aromatic carbocycles. The van der Waals surface area contributed by atoms with Crippen LogP contribution in [0.3, 0.4) is 0 Å². The maximum absolute atomic E-state index is 5.77. The maximum atomic E-state index is 5.77. The molecule has 3 rings (SSSR count). The van der Waals surface area contributed by atoms with Crippen molar-refractivity contribution in [1.29, 1.82) is 0 Å². The Hall–Kier alpha value is -1.10. The Morgan fingerprint density at radius 1 is 1.00 bits per heavy atom. The Labute approximate surface area is 141 Å². The van der Waals surface area contributed by atoms with Crippen LogP contribution in [0.25, 0.3) is 0 Å². The van der Waals surface area contributed by atoms with Gasteiger partial charge in [0.05, 0.1) is 6.61 Å². The molecule has 2 saturated heterocycles. The summed E-state index contributed by atoms with van der Waals surface area (Å²) in [5.41, 5.74) is 1.33. The average molecular weight is 317 g/mol. The van der Waals surface area contributed by atoms with E-state index < -0.39 is 0 Å². The molecule has 2 heterocycles. The molecule has 0 amide bonds. The maximum Gasteiger partial charge on any atom is 0.123 e. The van der Waals surface area contributed by atoms with Crippen molar-refractivity contribution >= 4 is 0 Å². The Bertz CT molecular complexity index is 477. The number of para-hydroxylation sites is 1. The van der Waals surface area contributed by atoms with E-state index in [1.54, 1.807) is 0 Å². The van der Waals surface area contributed by atoms with Crippen molar-refractivity contribution in [1.82, 2.24) is 14.7 Å². The van der Waals surface area contributed by atoms with Crippen LogP contribution in [0.4, 0.5) is 0 Å². The van der Waals surface area contributed by atoms with E-state index in [1.165, 1.54) is 57.7 Å². The number of benzene rings is 1. The number of likely N-dealkylation sites (tertiary alicyclic amines) is 1. The first kappa shape index (κ1) is 16.7. The second kappa shape index (κ2) is 8.13. The van der Waals surface area contributed by atoms with Crippen LogP contribution >= 0.6 is 0 Å². The molecule has 0 spiro atoms.